The summed E-state index contributed by atoms with van der Waals surface area (Å²) in [7, 11) is 1.33. The van der Waals surface area contributed by atoms with Crippen molar-refractivity contribution in [2.24, 2.45) is 0 Å². The molecule has 0 bridgehead atoms. The van der Waals surface area contributed by atoms with Crippen molar-refractivity contribution < 1.29 is 9.53 Å². The third-order valence-corrected chi connectivity index (χ3v) is 1.80. The Morgan fingerprint density at radius 2 is 2.23 bits per heavy atom. The van der Waals surface area contributed by atoms with Crippen LogP contribution in [0.1, 0.15) is 0 Å². The lowest BCUT2D eigenvalue weighted by molar-refractivity contribution is -0.138. The first kappa shape index (κ1) is 10.2. The van der Waals surface area contributed by atoms with E-state index in [-0.39, 0.29) is 12.5 Å². The molecule has 0 aromatic carbocycles. The quantitative estimate of drug-likeness (QED) is 0.655. The lowest BCUT2D eigenvalue weighted by Crippen LogP contribution is -2.16. The second-order valence-electron chi connectivity index (χ2n) is 2.15. The molecule has 5 nitrogen and oxygen atoms in total. The maximum atomic E-state index is 10.7. The predicted molar refractivity (Wildman–Crippen MR) is 55.3 cm³/mol. The van der Waals surface area contributed by atoms with Gasteiger partial charge in [0.25, 0.3) is 0 Å². The van der Waals surface area contributed by atoms with Crippen molar-refractivity contribution in [3.63, 3.8) is 0 Å². The van der Waals surface area contributed by atoms with Gasteiger partial charge in [-0.15, -0.1) is 0 Å². The van der Waals surface area contributed by atoms with E-state index in [1.807, 2.05) is 0 Å². The summed E-state index contributed by atoms with van der Waals surface area (Å²) in [5, 5.41) is 2.72. The van der Waals surface area contributed by atoms with Crippen molar-refractivity contribution in [1.29, 1.82) is 0 Å². The van der Waals surface area contributed by atoms with Crippen LogP contribution in [0.2, 0.25) is 0 Å². The number of rotatable bonds is 3. The van der Waals surface area contributed by atoms with Crippen LogP contribution in [0.4, 0.5) is 5.95 Å². The number of nitrogens with one attached hydrogen (secondary N) is 1. The third kappa shape index (κ3) is 3.53. The van der Waals surface area contributed by atoms with Crippen LogP contribution in [-0.2, 0) is 9.53 Å². The van der Waals surface area contributed by atoms with Gasteiger partial charge >= 0.3 is 5.97 Å². The summed E-state index contributed by atoms with van der Waals surface area (Å²) in [6, 6.07) is 0. The molecule has 0 aliphatic rings. The van der Waals surface area contributed by atoms with E-state index < -0.39 is 0 Å². The fourth-order valence-electron chi connectivity index (χ4n) is 0.627. The van der Waals surface area contributed by atoms with Crippen LogP contribution >= 0.6 is 22.6 Å². The number of ether oxygens (including phenoxy) is 1. The molecule has 0 spiro atoms. The number of carbonyl (C=O) groups excluding carboxylic acids is 1. The number of carbonyl (C=O) groups is 1. The van der Waals surface area contributed by atoms with Gasteiger partial charge in [-0.2, -0.15) is 0 Å². The molecule has 0 aliphatic carbocycles. The van der Waals surface area contributed by atoms with Crippen LogP contribution in [0.15, 0.2) is 12.4 Å². The zero-order chi connectivity index (χ0) is 9.68. The van der Waals surface area contributed by atoms with Gasteiger partial charge in [0.05, 0.1) is 7.11 Å². The molecule has 1 rings (SSSR count). The van der Waals surface area contributed by atoms with Gasteiger partial charge in [-0.05, 0) is 22.6 Å². The van der Waals surface area contributed by atoms with E-state index in [2.05, 4.69) is 42.6 Å². The van der Waals surface area contributed by atoms with E-state index in [4.69, 9.17) is 0 Å². The summed E-state index contributed by atoms with van der Waals surface area (Å²) >= 11 is 2.10. The molecule has 70 valence electrons. The first-order chi connectivity index (χ1) is 6.22. The van der Waals surface area contributed by atoms with Crippen molar-refractivity contribution in [2.75, 3.05) is 19.0 Å². The Morgan fingerprint density at radius 3 is 2.77 bits per heavy atom. The maximum Gasteiger partial charge on any atom is 0.325 e. The lowest BCUT2D eigenvalue weighted by atomic mass is 10.6. The van der Waals surface area contributed by atoms with Gasteiger partial charge in [-0.1, -0.05) is 0 Å². The molecule has 0 aliphatic heterocycles. The first-order valence-corrected chi connectivity index (χ1v) is 4.58. The fraction of sp³-hybridized carbons (Fsp3) is 0.286. The van der Waals surface area contributed by atoms with Crippen molar-refractivity contribution >= 4 is 34.5 Å². The van der Waals surface area contributed by atoms with E-state index in [0.29, 0.717) is 5.95 Å². The van der Waals surface area contributed by atoms with Crippen molar-refractivity contribution in [3.05, 3.63) is 16.0 Å². The average Bonchev–Trinajstić information content (AvgIpc) is 2.16. The van der Waals surface area contributed by atoms with E-state index >= 15 is 0 Å². The van der Waals surface area contributed by atoms with Crippen molar-refractivity contribution in [3.8, 4) is 0 Å². The number of halogens is 1. The van der Waals surface area contributed by atoms with Crippen LogP contribution in [-0.4, -0.2) is 29.6 Å². The highest BCUT2D eigenvalue weighted by Crippen LogP contribution is 2.01. The Kier molecular flexibility index (Phi) is 3.87. The second-order valence-corrected chi connectivity index (χ2v) is 3.40. The second kappa shape index (κ2) is 4.95. The molecule has 0 unspecified atom stereocenters. The summed E-state index contributed by atoms with van der Waals surface area (Å²) in [5.74, 6) is 0.0768. The Morgan fingerprint density at radius 1 is 1.62 bits per heavy atom. The largest absolute Gasteiger partial charge is 0.468 e. The standard InChI is InChI=1S/C7H8IN3O2/c1-13-6(12)4-11-7-9-2-5(8)3-10-7/h2-3H,4H2,1H3,(H,9,10,11). The predicted octanol–water partition coefficient (Wildman–Crippen LogP) is 0.666. The molecule has 1 aromatic rings. The van der Waals surface area contributed by atoms with Gasteiger partial charge in [0, 0.05) is 16.0 Å². The van der Waals surface area contributed by atoms with E-state index in [0.717, 1.165) is 3.57 Å². The smallest absolute Gasteiger partial charge is 0.325 e. The zero-order valence-electron chi connectivity index (χ0n) is 6.95. The zero-order valence-corrected chi connectivity index (χ0v) is 9.11. The van der Waals surface area contributed by atoms with Gasteiger partial charge in [-0.25, -0.2) is 9.97 Å². The molecule has 0 fully saturated rings. The fourth-order valence-corrected chi connectivity index (χ4v) is 0.905. The molecule has 0 saturated carbocycles. The molecular formula is C7H8IN3O2. The maximum absolute atomic E-state index is 10.7. The number of methoxy groups -OCH3 is 1. The van der Waals surface area contributed by atoms with Gasteiger partial charge < -0.3 is 10.1 Å². The number of nitrogens with zero attached hydrogens (tertiary/aromatic N) is 2. The van der Waals surface area contributed by atoms with Crippen LogP contribution in [0, 0.1) is 3.57 Å². The number of hydrogen-bond acceptors (Lipinski definition) is 5. The van der Waals surface area contributed by atoms with Crippen LogP contribution in [0.3, 0.4) is 0 Å². The molecule has 6 heteroatoms. The Balaban J connectivity index is 2.46. The monoisotopic (exact) mass is 293 g/mol. The molecule has 0 saturated heterocycles. The molecule has 13 heavy (non-hydrogen) atoms. The minimum atomic E-state index is -0.345. The van der Waals surface area contributed by atoms with Crippen LogP contribution in [0.25, 0.3) is 0 Å². The molecule has 1 heterocycles. The Bertz CT molecular complexity index is 288. The highest BCUT2D eigenvalue weighted by Gasteiger charge is 2.00. The Hall–Kier alpha value is -0.920. The van der Waals surface area contributed by atoms with E-state index in [1.165, 1.54) is 7.11 Å². The van der Waals surface area contributed by atoms with Crippen molar-refractivity contribution in [1.82, 2.24) is 9.97 Å². The Labute approximate surface area is 89.1 Å². The molecule has 0 amide bonds. The third-order valence-electron chi connectivity index (χ3n) is 1.24. The highest BCUT2D eigenvalue weighted by molar-refractivity contribution is 14.1. The summed E-state index contributed by atoms with van der Waals surface area (Å²) in [6.07, 6.45) is 3.32. The van der Waals surface area contributed by atoms with Gasteiger partial charge in [0.1, 0.15) is 6.54 Å². The summed E-state index contributed by atoms with van der Waals surface area (Å²) < 4.78 is 5.38. The highest BCUT2D eigenvalue weighted by atomic mass is 127. The molecule has 1 N–H and O–H groups in total. The lowest BCUT2D eigenvalue weighted by Gasteiger charge is -2.01. The van der Waals surface area contributed by atoms with Gasteiger partial charge in [-0.3, -0.25) is 4.79 Å². The molecule has 0 radical (unpaired) electrons. The van der Waals surface area contributed by atoms with Crippen molar-refractivity contribution in [2.45, 2.75) is 0 Å². The summed E-state index contributed by atoms with van der Waals surface area (Å²) in [4.78, 5) is 18.6. The average molecular weight is 293 g/mol. The molecule has 0 atom stereocenters. The molecule has 1 aromatic heterocycles. The van der Waals surface area contributed by atoms with Gasteiger partial charge in [0.15, 0.2) is 0 Å². The molecular weight excluding hydrogens is 285 g/mol. The normalized spacial score (nSPS) is 9.38. The minimum absolute atomic E-state index is 0.0804. The van der Waals surface area contributed by atoms with Crippen LogP contribution < -0.4 is 5.32 Å². The van der Waals surface area contributed by atoms with Gasteiger partial charge in [0.2, 0.25) is 5.95 Å². The SMILES string of the molecule is COC(=O)CNc1ncc(I)cn1. The number of esters is 1. The topological polar surface area (TPSA) is 64.1 Å². The first-order valence-electron chi connectivity index (χ1n) is 3.50. The summed E-state index contributed by atoms with van der Waals surface area (Å²) in [5.41, 5.74) is 0. The van der Waals surface area contributed by atoms with E-state index in [9.17, 15) is 4.79 Å². The number of anilines is 1. The van der Waals surface area contributed by atoms with Crippen LogP contribution in [0.5, 0.6) is 0 Å². The number of aromatic nitrogens is 2. The summed E-state index contributed by atoms with van der Waals surface area (Å²) in [6.45, 7) is 0.0804. The van der Waals surface area contributed by atoms with E-state index in [1.54, 1.807) is 12.4 Å². The minimum Gasteiger partial charge on any atom is -0.468 e. The number of hydrogen-bond donors (Lipinski definition) is 1.